The summed E-state index contributed by atoms with van der Waals surface area (Å²) in [7, 11) is 1.92. The van der Waals surface area contributed by atoms with Crippen molar-refractivity contribution < 1.29 is 0 Å². The quantitative estimate of drug-likeness (QED) is 0.890. The molecule has 1 aromatic rings. The van der Waals surface area contributed by atoms with Crippen molar-refractivity contribution in [2.75, 3.05) is 25.0 Å². The van der Waals surface area contributed by atoms with Crippen LogP contribution in [-0.4, -0.2) is 30.1 Å². The number of rotatable bonds is 3. The second kappa shape index (κ2) is 5.65. The Balaban J connectivity index is 2.02. The molecule has 0 radical (unpaired) electrons. The van der Waals surface area contributed by atoms with Gasteiger partial charge in [0.2, 0.25) is 0 Å². The van der Waals surface area contributed by atoms with Crippen molar-refractivity contribution >= 4 is 5.82 Å². The van der Waals surface area contributed by atoms with Crippen LogP contribution in [0.2, 0.25) is 0 Å². The van der Waals surface area contributed by atoms with E-state index < -0.39 is 0 Å². The van der Waals surface area contributed by atoms with E-state index >= 15 is 0 Å². The average Bonchev–Trinajstić information content (AvgIpc) is 2.52. The number of anilines is 1. The van der Waals surface area contributed by atoms with E-state index in [2.05, 4.69) is 34.0 Å². The van der Waals surface area contributed by atoms with E-state index in [4.69, 9.17) is 0 Å². The van der Waals surface area contributed by atoms with Gasteiger partial charge in [-0.05, 0) is 31.7 Å². The molecule has 2 heterocycles. The minimum absolute atomic E-state index is 0.467. The van der Waals surface area contributed by atoms with E-state index in [1.165, 1.54) is 19.3 Å². The second-order valence-electron chi connectivity index (χ2n) is 5.90. The lowest BCUT2D eigenvalue weighted by molar-refractivity contribution is 0.325. The Morgan fingerprint density at radius 3 is 2.72 bits per heavy atom. The van der Waals surface area contributed by atoms with Gasteiger partial charge in [0.15, 0.2) is 0 Å². The van der Waals surface area contributed by atoms with Crippen molar-refractivity contribution in [3.05, 3.63) is 18.1 Å². The lowest BCUT2D eigenvalue weighted by atomic mass is 9.85. The summed E-state index contributed by atoms with van der Waals surface area (Å²) in [5.41, 5.74) is 1.46. The summed E-state index contributed by atoms with van der Waals surface area (Å²) in [5, 5.41) is 3.09. The third kappa shape index (κ3) is 3.42. The van der Waals surface area contributed by atoms with Crippen molar-refractivity contribution in [2.24, 2.45) is 5.41 Å². The van der Waals surface area contributed by atoms with E-state index in [0.717, 1.165) is 31.1 Å². The molecule has 0 aliphatic carbocycles. The normalized spacial score (nSPS) is 19.6. The predicted molar refractivity (Wildman–Crippen MR) is 74.6 cm³/mol. The molecular weight excluding hydrogens is 224 g/mol. The first-order valence-electron chi connectivity index (χ1n) is 6.81. The van der Waals surface area contributed by atoms with Gasteiger partial charge in [-0.1, -0.05) is 13.8 Å². The Kier molecular flexibility index (Phi) is 4.17. The summed E-state index contributed by atoms with van der Waals surface area (Å²) >= 11 is 0. The van der Waals surface area contributed by atoms with Gasteiger partial charge in [-0.25, -0.2) is 4.98 Å². The molecule has 0 aromatic carbocycles. The second-order valence-corrected chi connectivity index (χ2v) is 5.90. The monoisotopic (exact) mass is 248 g/mol. The van der Waals surface area contributed by atoms with Gasteiger partial charge >= 0.3 is 0 Å². The Hall–Kier alpha value is -1.16. The zero-order valence-electron chi connectivity index (χ0n) is 11.7. The molecular formula is C14H24N4. The van der Waals surface area contributed by atoms with E-state index in [1.54, 1.807) is 0 Å². The molecule has 0 amide bonds. The highest BCUT2D eigenvalue weighted by Crippen LogP contribution is 2.30. The smallest absolute Gasteiger partial charge is 0.147 e. The fourth-order valence-electron chi connectivity index (χ4n) is 2.44. The third-order valence-corrected chi connectivity index (χ3v) is 3.71. The lowest BCUT2D eigenvalue weighted by Gasteiger charge is -2.23. The molecule has 1 aliphatic rings. The van der Waals surface area contributed by atoms with Crippen molar-refractivity contribution in [1.82, 2.24) is 15.3 Å². The van der Waals surface area contributed by atoms with Gasteiger partial charge < -0.3 is 10.2 Å². The molecule has 1 aromatic heterocycles. The summed E-state index contributed by atoms with van der Waals surface area (Å²) in [5.74, 6) is 1.02. The highest BCUT2D eigenvalue weighted by atomic mass is 15.2. The van der Waals surface area contributed by atoms with E-state index in [9.17, 15) is 0 Å². The highest BCUT2D eigenvalue weighted by molar-refractivity contribution is 5.36. The maximum atomic E-state index is 4.53. The maximum absolute atomic E-state index is 4.53. The largest absolute Gasteiger partial charge is 0.355 e. The third-order valence-electron chi connectivity index (χ3n) is 3.71. The van der Waals surface area contributed by atoms with Crippen LogP contribution in [0.3, 0.4) is 0 Å². The average molecular weight is 248 g/mol. The summed E-state index contributed by atoms with van der Waals surface area (Å²) in [6.45, 7) is 7.69. The van der Waals surface area contributed by atoms with Crippen LogP contribution >= 0.6 is 0 Å². The molecule has 100 valence electrons. The Morgan fingerprint density at radius 2 is 2.06 bits per heavy atom. The van der Waals surface area contributed by atoms with E-state index in [-0.39, 0.29) is 0 Å². The highest BCUT2D eigenvalue weighted by Gasteiger charge is 2.23. The molecule has 2 rings (SSSR count). The van der Waals surface area contributed by atoms with Gasteiger partial charge in [0.25, 0.3) is 0 Å². The zero-order chi connectivity index (χ0) is 13.0. The van der Waals surface area contributed by atoms with Crippen molar-refractivity contribution in [3.8, 4) is 0 Å². The van der Waals surface area contributed by atoms with Crippen LogP contribution in [0.25, 0.3) is 0 Å². The maximum Gasteiger partial charge on any atom is 0.147 e. The van der Waals surface area contributed by atoms with Crippen LogP contribution in [-0.2, 0) is 6.54 Å². The number of hydrogen-bond acceptors (Lipinski definition) is 4. The number of hydrogen-bond donors (Lipinski definition) is 1. The Bertz CT molecular complexity index is 372. The Morgan fingerprint density at radius 1 is 1.22 bits per heavy atom. The molecule has 1 N–H and O–H groups in total. The fraction of sp³-hybridized carbons (Fsp3) is 0.714. The van der Waals surface area contributed by atoms with Crippen LogP contribution in [0.5, 0.6) is 0 Å². The standard InChI is InChI=1S/C14H24N4/c1-14(2)5-4-7-18(8-6-14)13-11-16-12(9-15-3)10-17-13/h10-11,15H,4-9H2,1-3H3. The molecule has 0 saturated carbocycles. The summed E-state index contributed by atoms with van der Waals surface area (Å²) < 4.78 is 0. The van der Waals surface area contributed by atoms with Gasteiger partial charge in [0.1, 0.15) is 5.82 Å². The zero-order valence-corrected chi connectivity index (χ0v) is 11.7. The van der Waals surface area contributed by atoms with E-state index in [1.807, 2.05) is 19.4 Å². The molecule has 4 heteroatoms. The van der Waals surface area contributed by atoms with Crippen LogP contribution in [0.4, 0.5) is 5.82 Å². The molecule has 4 nitrogen and oxygen atoms in total. The van der Waals surface area contributed by atoms with Crippen LogP contribution in [0.15, 0.2) is 12.4 Å². The van der Waals surface area contributed by atoms with Gasteiger partial charge in [0.05, 0.1) is 18.1 Å². The van der Waals surface area contributed by atoms with Gasteiger partial charge in [-0.3, -0.25) is 4.98 Å². The number of nitrogens with zero attached hydrogens (tertiary/aromatic N) is 3. The summed E-state index contributed by atoms with van der Waals surface area (Å²) in [6, 6.07) is 0. The van der Waals surface area contributed by atoms with Crippen molar-refractivity contribution in [2.45, 2.75) is 39.7 Å². The Labute approximate surface area is 110 Å². The molecule has 18 heavy (non-hydrogen) atoms. The summed E-state index contributed by atoms with van der Waals surface area (Å²) in [4.78, 5) is 11.3. The van der Waals surface area contributed by atoms with Crippen LogP contribution in [0, 0.1) is 5.41 Å². The number of nitrogens with one attached hydrogen (secondary N) is 1. The molecule has 0 spiro atoms. The van der Waals surface area contributed by atoms with E-state index in [0.29, 0.717) is 5.41 Å². The van der Waals surface area contributed by atoms with Gasteiger partial charge in [-0.15, -0.1) is 0 Å². The molecule has 0 bridgehead atoms. The SMILES string of the molecule is CNCc1cnc(N2CCCC(C)(C)CC2)cn1. The number of aromatic nitrogens is 2. The van der Waals surface area contributed by atoms with Crippen molar-refractivity contribution in [1.29, 1.82) is 0 Å². The lowest BCUT2D eigenvalue weighted by Crippen LogP contribution is -2.26. The molecule has 0 atom stereocenters. The first kappa shape index (κ1) is 13.3. The van der Waals surface area contributed by atoms with Gasteiger partial charge in [0, 0.05) is 19.6 Å². The minimum atomic E-state index is 0.467. The first-order chi connectivity index (χ1) is 8.61. The minimum Gasteiger partial charge on any atom is -0.355 e. The summed E-state index contributed by atoms with van der Waals surface area (Å²) in [6.07, 6.45) is 7.56. The fourth-order valence-corrected chi connectivity index (χ4v) is 2.44. The molecule has 0 unspecified atom stereocenters. The van der Waals surface area contributed by atoms with Crippen LogP contribution < -0.4 is 10.2 Å². The molecule has 1 fully saturated rings. The van der Waals surface area contributed by atoms with Gasteiger partial charge in [-0.2, -0.15) is 0 Å². The topological polar surface area (TPSA) is 41.1 Å². The predicted octanol–water partition coefficient (Wildman–Crippen LogP) is 2.21. The van der Waals surface area contributed by atoms with Crippen LogP contribution in [0.1, 0.15) is 38.8 Å². The first-order valence-corrected chi connectivity index (χ1v) is 6.81. The molecule has 1 saturated heterocycles. The van der Waals surface area contributed by atoms with Crippen molar-refractivity contribution in [3.63, 3.8) is 0 Å². The molecule has 1 aliphatic heterocycles.